The molecule has 1 atom stereocenters. The first kappa shape index (κ1) is 24.8. The molecule has 11 heteroatoms. The molecule has 0 radical (unpaired) electrons. The smallest absolute Gasteiger partial charge is 0.475 e. The molecule has 1 unspecified atom stereocenters. The first-order valence-electron chi connectivity index (χ1n) is 10.4. The average Bonchev–Trinajstić information content (AvgIpc) is 3.22. The Morgan fingerprint density at radius 3 is 2.35 bits per heavy atom. The summed E-state index contributed by atoms with van der Waals surface area (Å²) in [5.74, 6) is -2.04. The van der Waals surface area contributed by atoms with Gasteiger partial charge in [0.15, 0.2) is 5.82 Å². The zero-order chi connectivity index (χ0) is 24.7. The number of nitrogens with one attached hydrogen (secondary N) is 3. The maximum absolute atomic E-state index is 12.4. The molecule has 2 heterocycles. The second-order valence-corrected chi connectivity index (χ2v) is 7.64. The van der Waals surface area contributed by atoms with Gasteiger partial charge in [-0.3, -0.25) is 9.48 Å². The number of alkyl halides is 3. The van der Waals surface area contributed by atoms with Crippen LogP contribution in [0.2, 0.25) is 0 Å². The molecule has 0 saturated heterocycles. The number of halogens is 3. The van der Waals surface area contributed by atoms with Crippen LogP contribution in [0.3, 0.4) is 0 Å². The van der Waals surface area contributed by atoms with Gasteiger partial charge in [-0.05, 0) is 41.8 Å². The van der Waals surface area contributed by atoms with Crippen molar-refractivity contribution in [3.05, 3.63) is 77.5 Å². The molecule has 0 fully saturated rings. The maximum atomic E-state index is 12.4. The van der Waals surface area contributed by atoms with Gasteiger partial charge in [-0.2, -0.15) is 18.3 Å². The van der Waals surface area contributed by atoms with Crippen molar-refractivity contribution in [2.45, 2.75) is 25.2 Å². The third-order valence-corrected chi connectivity index (χ3v) is 5.05. The second-order valence-electron chi connectivity index (χ2n) is 7.64. The molecule has 2 aromatic carbocycles. The van der Waals surface area contributed by atoms with E-state index in [-0.39, 0.29) is 11.9 Å². The van der Waals surface area contributed by atoms with Crippen LogP contribution in [0.1, 0.15) is 21.5 Å². The van der Waals surface area contributed by atoms with E-state index in [9.17, 15) is 18.0 Å². The molecular formula is C23H24F3N5O3. The number of rotatable bonds is 5. The van der Waals surface area contributed by atoms with Gasteiger partial charge < -0.3 is 21.1 Å². The van der Waals surface area contributed by atoms with Crippen LogP contribution in [0.15, 0.2) is 60.8 Å². The molecule has 0 saturated carbocycles. The van der Waals surface area contributed by atoms with Gasteiger partial charge in [0, 0.05) is 49.7 Å². The molecule has 0 spiro atoms. The van der Waals surface area contributed by atoms with Gasteiger partial charge in [0.25, 0.3) is 5.91 Å². The van der Waals surface area contributed by atoms with Crippen molar-refractivity contribution in [3.8, 4) is 0 Å². The van der Waals surface area contributed by atoms with E-state index in [4.69, 9.17) is 9.90 Å². The maximum Gasteiger partial charge on any atom is 0.490 e. The van der Waals surface area contributed by atoms with Gasteiger partial charge in [-0.15, -0.1) is 0 Å². The van der Waals surface area contributed by atoms with Crippen LogP contribution < -0.4 is 16.0 Å². The Balaban J connectivity index is 0.000000406. The third kappa shape index (κ3) is 7.07. The number of carbonyl (C=O) groups excluding carboxylic acids is 1. The summed E-state index contributed by atoms with van der Waals surface area (Å²) in [7, 11) is 1.87. The van der Waals surface area contributed by atoms with E-state index in [1.165, 1.54) is 11.1 Å². The highest BCUT2D eigenvalue weighted by molar-refractivity contribution is 5.94. The summed E-state index contributed by atoms with van der Waals surface area (Å²) in [4.78, 5) is 21.3. The van der Waals surface area contributed by atoms with Crippen molar-refractivity contribution >= 4 is 23.4 Å². The summed E-state index contributed by atoms with van der Waals surface area (Å²) in [5, 5.41) is 21.1. The van der Waals surface area contributed by atoms with Gasteiger partial charge >= 0.3 is 12.1 Å². The molecule has 1 aliphatic heterocycles. The lowest BCUT2D eigenvalue weighted by molar-refractivity contribution is -0.192. The van der Waals surface area contributed by atoms with Crippen LogP contribution in [-0.2, 0) is 24.8 Å². The number of hydrogen-bond donors (Lipinski definition) is 4. The van der Waals surface area contributed by atoms with Crippen molar-refractivity contribution in [3.63, 3.8) is 0 Å². The van der Waals surface area contributed by atoms with Crippen molar-refractivity contribution in [1.82, 2.24) is 20.4 Å². The van der Waals surface area contributed by atoms with Gasteiger partial charge in [-0.1, -0.05) is 24.3 Å². The summed E-state index contributed by atoms with van der Waals surface area (Å²) in [6, 6.07) is 18.0. The van der Waals surface area contributed by atoms with E-state index < -0.39 is 12.1 Å². The summed E-state index contributed by atoms with van der Waals surface area (Å²) in [6.45, 7) is 1.46. The number of fused-ring (bicyclic) bond motifs is 1. The number of benzene rings is 2. The van der Waals surface area contributed by atoms with Crippen LogP contribution in [0.25, 0.3) is 0 Å². The number of amides is 1. The molecule has 34 heavy (non-hydrogen) atoms. The number of carboxylic acid groups (broad SMARTS) is 1. The van der Waals surface area contributed by atoms with Crippen LogP contribution in [-0.4, -0.2) is 45.5 Å². The molecule has 1 amide bonds. The van der Waals surface area contributed by atoms with Gasteiger partial charge in [0.1, 0.15) is 0 Å². The number of aliphatic carboxylic acids is 1. The summed E-state index contributed by atoms with van der Waals surface area (Å²) >= 11 is 0. The second kappa shape index (κ2) is 10.8. The van der Waals surface area contributed by atoms with E-state index >= 15 is 0 Å². The highest BCUT2D eigenvalue weighted by Crippen LogP contribution is 2.17. The largest absolute Gasteiger partial charge is 0.490 e. The van der Waals surface area contributed by atoms with E-state index in [1.54, 1.807) is 4.68 Å². The van der Waals surface area contributed by atoms with Crippen molar-refractivity contribution in [1.29, 1.82) is 0 Å². The normalized spacial score (nSPS) is 14.9. The Labute approximate surface area is 193 Å². The fourth-order valence-corrected chi connectivity index (χ4v) is 3.32. The molecule has 0 bridgehead atoms. The predicted molar refractivity (Wildman–Crippen MR) is 120 cm³/mol. The van der Waals surface area contributed by atoms with Crippen LogP contribution >= 0.6 is 0 Å². The Bertz CT molecular complexity index is 1130. The Morgan fingerprint density at radius 1 is 1.12 bits per heavy atom. The van der Waals surface area contributed by atoms with Crippen LogP contribution in [0, 0.1) is 0 Å². The average molecular weight is 475 g/mol. The fourth-order valence-electron chi connectivity index (χ4n) is 3.32. The molecule has 3 aromatic rings. The van der Waals surface area contributed by atoms with Crippen molar-refractivity contribution in [2.24, 2.45) is 7.05 Å². The van der Waals surface area contributed by atoms with E-state index in [2.05, 4.69) is 45.3 Å². The zero-order valence-electron chi connectivity index (χ0n) is 18.3. The SMILES string of the molecule is Cn1ccc(Nc2ccc(C(=O)NCC3Cc4ccccc4CN3)cc2)n1.O=C(O)C(F)(F)F. The molecule has 180 valence electrons. The molecule has 1 aliphatic rings. The number of anilines is 2. The highest BCUT2D eigenvalue weighted by atomic mass is 19.4. The number of hydrogen-bond acceptors (Lipinski definition) is 5. The lowest BCUT2D eigenvalue weighted by Gasteiger charge is -2.26. The molecule has 4 N–H and O–H groups in total. The number of nitrogens with zero attached hydrogens (tertiary/aromatic N) is 2. The molecule has 8 nitrogen and oxygen atoms in total. The summed E-state index contributed by atoms with van der Waals surface area (Å²) < 4.78 is 33.5. The minimum absolute atomic E-state index is 0.0555. The molecule has 4 rings (SSSR count). The Morgan fingerprint density at radius 2 is 1.76 bits per heavy atom. The Hall–Kier alpha value is -3.86. The molecule has 0 aliphatic carbocycles. The quantitative estimate of drug-likeness (QED) is 0.451. The summed E-state index contributed by atoms with van der Waals surface area (Å²) in [5.41, 5.74) is 4.25. The number of carboxylic acids is 1. The first-order valence-corrected chi connectivity index (χ1v) is 10.4. The van der Waals surface area contributed by atoms with E-state index in [0.717, 1.165) is 24.5 Å². The minimum Gasteiger partial charge on any atom is -0.475 e. The van der Waals surface area contributed by atoms with E-state index in [1.807, 2.05) is 43.6 Å². The summed E-state index contributed by atoms with van der Waals surface area (Å²) in [6.07, 6.45) is -2.27. The number of carbonyl (C=O) groups is 2. The fraction of sp³-hybridized carbons (Fsp3) is 0.261. The van der Waals surface area contributed by atoms with Crippen LogP contribution in [0.5, 0.6) is 0 Å². The van der Waals surface area contributed by atoms with Crippen molar-refractivity contribution in [2.75, 3.05) is 11.9 Å². The van der Waals surface area contributed by atoms with Gasteiger partial charge in [0.2, 0.25) is 0 Å². The van der Waals surface area contributed by atoms with Crippen molar-refractivity contribution < 1.29 is 27.9 Å². The van der Waals surface area contributed by atoms with Gasteiger partial charge in [-0.25, -0.2) is 4.79 Å². The highest BCUT2D eigenvalue weighted by Gasteiger charge is 2.38. The molecule has 1 aromatic heterocycles. The monoisotopic (exact) mass is 475 g/mol. The molecular weight excluding hydrogens is 451 g/mol. The lowest BCUT2D eigenvalue weighted by atomic mass is 9.96. The van der Waals surface area contributed by atoms with Crippen LogP contribution in [0.4, 0.5) is 24.7 Å². The zero-order valence-corrected chi connectivity index (χ0v) is 18.3. The number of aryl methyl sites for hydroxylation is 1. The minimum atomic E-state index is -5.08. The lowest BCUT2D eigenvalue weighted by Crippen LogP contribution is -2.44. The first-order chi connectivity index (χ1) is 16.1. The standard InChI is InChI=1S/C21H23N5O.C2HF3O2/c1-26-11-10-20(25-26)24-18-8-6-15(7-9-18)21(27)23-14-19-12-16-4-2-3-5-17(16)13-22-19;3-2(4,5)1(6)7/h2-11,19,22H,12-14H2,1H3,(H,23,27)(H,24,25);(H,6,7). The third-order valence-electron chi connectivity index (χ3n) is 5.05. The Kier molecular flexibility index (Phi) is 7.90. The van der Waals surface area contributed by atoms with Gasteiger partial charge in [0.05, 0.1) is 0 Å². The van der Waals surface area contributed by atoms with E-state index in [0.29, 0.717) is 12.1 Å². The topological polar surface area (TPSA) is 108 Å². The predicted octanol–water partition coefficient (Wildman–Crippen LogP) is 3.24. The number of aromatic nitrogens is 2.